The number of nitrogens with zero attached hydrogens (tertiary/aromatic N) is 4. The van der Waals surface area contributed by atoms with Gasteiger partial charge in [-0.3, -0.25) is 0 Å². The van der Waals surface area contributed by atoms with Crippen molar-refractivity contribution in [2.75, 3.05) is 12.4 Å². The molecule has 0 atom stereocenters. The Morgan fingerprint density at radius 2 is 2.17 bits per heavy atom. The average molecular weight is 263 g/mol. The predicted molar refractivity (Wildman–Crippen MR) is 72.2 cm³/mol. The summed E-state index contributed by atoms with van der Waals surface area (Å²) in [4.78, 5) is 4.68. The van der Waals surface area contributed by atoms with Gasteiger partial charge in [0, 0.05) is 24.3 Å². The number of aromatic nitrogens is 4. The van der Waals surface area contributed by atoms with Crippen LogP contribution in [0.3, 0.4) is 0 Å². The van der Waals surface area contributed by atoms with E-state index in [-0.39, 0.29) is 0 Å². The quantitative estimate of drug-likeness (QED) is 0.920. The fraction of sp³-hybridized carbons (Fsp3) is 0.583. The van der Waals surface area contributed by atoms with Crippen molar-refractivity contribution in [1.29, 1.82) is 0 Å². The summed E-state index contributed by atoms with van der Waals surface area (Å²) in [6.07, 6.45) is 4.80. The highest BCUT2D eigenvalue weighted by Crippen LogP contribution is 2.25. The number of hydrogen-bond acceptors (Lipinski definition) is 5. The predicted octanol–water partition coefficient (Wildman–Crippen LogP) is 2.01. The van der Waals surface area contributed by atoms with Crippen LogP contribution < -0.4 is 5.32 Å². The summed E-state index contributed by atoms with van der Waals surface area (Å²) < 4.78 is 6.31. The van der Waals surface area contributed by atoms with Crippen LogP contribution in [0.5, 0.6) is 0 Å². The third-order valence-electron chi connectivity index (χ3n) is 3.51. The molecule has 3 rings (SSSR count). The Kier molecular flexibility index (Phi) is 3.03. The largest absolute Gasteiger partial charge is 0.377 e. The van der Waals surface area contributed by atoms with Gasteiger partial charge in [-0.05, 0) is 32.6 Å². The Labute approximate surface area is 110 Å². The molecule has 6 heteroatoms. The smallest absolute Gasteiger partial charge is 0.134 e. The van der Waals surface area contributed by atoms with E-state index in [2.05, 4.69) is 31.4 Å². The van der Waals surface area contributed by atoms with E-state index in [4.69, 9.17) is 0 Å². The van der Waals surface area contributed by atoms with Gasteiger partial charge < -0.3 is 9.88 Å². The number of fused-ring (bicyclic) bond motifs is 1. The standard InChI is InChI=1S/C12H17N5S/c1-8-14-9-5-3-4-6-11(9)17(8)7-10-12(13-2)18-16-15-10/h13H,3-7H2,1-2H3. The van der Waals surface area contributed by atoms with Gasteiger partial charge in [0.2, 0.25) is 0 Å². The van der Waals surface area contributed by atoms with Crippen LogP contribution in [0.1, 0.15) is 35.7 Å². The Balaban J connectivity index is 1.95. The number of imidazole rings is 1. The van der Waals surface area contributed by atoms with Crippen LogP contribution in [0.25, 0.3) is 0 Å². The molecular formula is C12H17N5S. The first kappa shape index (κ1) is 11.6. The topological polar surface area (TPSA) is 55.6 Å². The summed E-state index contributed by atoms with van der Waals surface area (Å²) in [5.74, 6) is 1.09. The average Bonchev–Trinajstić information content (AvgIpc) is 2.95. The molecule has 2 aromatic rings. The first-order valence-corrected chi connectivity index (χ1v) is 7.11. The maximum atomic E-state index is 4.68. The molecule has 0 aliphatic heterocycles. The van der Waals surface area contributed by atoms with Gasteiger partial charge in [0.1, 0.15) is 16.5 Å². The minimum absolute atomic E-state index is 0.779. The number of rotatable bonds is 3. The molecule has 0 spiro atoms. The van der Waals surface area contributed by atoms with Gasteiger partial charge in [0.05, 0.1) is 12.2 Å². The SMILES string of the molecule is CNc1snnc1Cn1c(C)nc2c1CCCC2. The summed E-state index contributed by atoms with van der Waals surface area (Å²) in [6, 6.07) is 0. The van der Waals surface area contributed by atoms with Crippen LogP contribution >= 0.6 is 11.5 Å². The molecule has 96 valence electrons. The molecule has 0 saturated carbocycles. The fourth-order valence-electron chi connectivity index (χ4n) is 2.60. The van der Waals surface area contributed by atoms with Crippen LogP contribution in [-0.2, 0) is 19.4 Å². The second kappa shape index (κ2) is 4.68. The van der Waals surface area contributed by atoms with Crippen molar-refractivity contribution in [2.24, 2.45) is 0 Å². The Hall–Kier alpha value is -1.43. The monoisotopic (exact) mass is 263 g/mol. The summed E-state index contributed by atoms with van der Waals surface area (Å²) in [7, 11) is 1.91. The normalized spacial score (nSPS) is 14.6. The molecule has 5 nitrogen and oxygen atoms in total. The highest BCUT2D eigenvalue weighted by atomic mass is 32.1. The van der Waals surface area contributed by atoms with Crippen molar-refractivity contribution in [3.8, 4) is 0 Å². The third-order valence-corrected chi connectivity index (χ3v) is 4.30. The molecule has 0 unspecified atom stereocenters. The minimum atomic E-state index is 0.779. The molecule has 0 radical (unpaired) electrons. The first-order valence-electron chi connectivity index (χ1n) is 6.33. The lowest BCUT2D eigenvalue weighted by molar-refractivity contribution is 0.620. The molecule has 0 bridgehead atoms. The van der Waals surface area contributed by atoms with E-state index in [9.17, 15) is 0 Å². The Morgan fingerprint density at radius 1 is 1.33 bits per heavy atom. The fourth-order valence-corrected chi connectivity index (χ4v) is 3.12. The van der Waals surface area contributed by atoms with Gasteiger partial charge in [-0.2, -0.15) is 0 Å². The van der Waals surface area contributed by atoms with E-state index in [1.54, 1.807) is 0 Å². The molecule has 1 aliphatic carbocycles. The van der Waals surface area contributed by atoms with E-state index >= 15 is 0 Å². The highest BCUT2D eigenvalue weighted by Gasteiger charge is 2.19. The van der Waals surface area contributed by atoms with Crippen molar-refractivity contribution in [2.45, 2.75) is 39.2 Å². The van der Waals surface area contributed by atoms with Crippen LogP contribution in [0, 0.1) is 6.92 Å². The lowest BCUT2D eigenvalue weighted by atomic mass is 10.0. The first-order chi connectivity index (χ1) is 8.79. The summed E-state index contributed by atoms with van der Waals surface area (Å²) >= 11 is 1.41. The van der Waals surface area contributed by atoms with E-state index in [1.807, 2.05) is 7.05 Å². The molecule has 0 saturated heterocycles. The second-order valence-corrected chi connectivity index (χ2v) is 5.40. The van der Waals surface area contributed by atoms with Crippen molar-refractivity contribution < 1.29 is 0 Å². The van der Waals surface area contributed by atoms with Gasteiger partial charge in [-0.15, -0.1) is 5.10 Å². The van der Waals surface area contributed by atoms with Crippen LogP contribution in [-0.4, -0.2) is 26.2 Å². The summed E-state index contributed by atoms with van der Waals surface area (Å²) in [6.45, 7) is 2.86. The lowest BCUT2D eigenvalue weighted by Gasteiger charge is -2.14. The van der Waals surface area contributed by atoms with Gasteiger partial charge in [-0.1, -0.05) is 4.49 Å². The molecule has 18 heavy (non-hydrogen) atoms. The maximum absolute atomic E-state index is 4.68. The van der Waals surface area contributed by atoms with E-state index in [0.29, 0.717) is 0 Å². The molecule has 2 aromatic heterocycles. The zero-order valence-corrected chi connectivity index (χ0v) is 11.5. The van der Waals surface area contributed by atoms with E-state index in [1.165, 1.54) is 35.8 Å². The van der Waals surface area contributed by atoms with Crippen LogP contribution in [0.2, 0.25) is 0 Å². The van der Waals surface area contributed by atoms with Crippen LogP contribution in [0.4, 0.5) is 5.00 Å². The molecule has 0 fully saturated rings. The lowest BCUT2D eigenvalue weighted by Crippen LogP contribution is -2.11. The number of hydrogen-bond donors (Lipinski definition) is 1. The summed E-state index contributed by atoms with van der Waals surface area (Å²) in [5, 5.41) is 8.41. The van der Waals surface area contributed by atoms with Gasteiger partial charge in [-0.25, -0.2) is 4.98 Å². The van der Waals surface area contributed by atoms with Crippen molar-refractivity contribution in [3.05, 3.63) is 22.9 Å². The zero-order valence-electron chi connectivity index (χ0n) is 10.7. The molecule has 1 aliphatic rings. The van der Waals surface area contributed by atoms with Gasteiger partial charge in [0.25, 0.3) is 0 Å². The second-order valence-electron chi connectivity index (χ2n) is 4.64. The highest BCUT2D eigenvalue weighted by molar-refractivity contribution is 7.10. The third kappa shape index (κ3) is 1.90. The van der Waals surface area contributed by atoms with Crippen molar-refractivity contribution in [3.63, 3.8) is 0 Å². The van der Waals surface area contributed by atoms with Crippen molar-refractivity contribution >= 4 is 16.5 Å². The number of anilines is 1. The van der Waals surface area contributed by atoms with E-state index < -0.39 is 0 Å². The molecular weight excluding hydrogens is 246 g/mol. The summed E-state index contributed by atoms with van der Waals surface area (Å²) in [5.41, 5.74) is 3.69. The minimum Gasteiger partial charge on any atom is -0.377 e. The van der Waals surface area contributed by atoms with Gasteiger partial charge in [0.15, 0.2) is 0 Å². The molecule has 0 aromatic carbocycles. The number of aryl methyl sites for hydroxylation is 2. The van der Waals surface area contributed by atoms with E-state index in [0.717, 1.165) is 35.9 Å². The Bertz CT molecular complexity index is 557. The van der Waals surface area contributed by atoms with Crippen LogP contribution in [0.15, 0.2) is 0 Å². The molecule has 0 amide bonds. The van der Waals surface area contributed by atoms with Crippen molar-refractivity contribution in [1.82, 2.24) is 19.1 Å². The zero-order chi connectivity index (χ0) is 12.5. The maximum Gasteiger partial charge on any atom is 0.134 e. The molecule has 2 heterocycles. The van der Waals surface area contributed by atoms with Gasteiger partial charge >= 0.3 is 0 Å². The molecule has 1 N–H and O–H groups in total. The number of nitrogens with one attached hydrogen (secondary N) is 1. The Morgan fingerprint density at radius 3 is 3.00 bits per heavy atom.